The molecule has 0 aromatic carbocycles. The fraction of sp³-hybridized carbons (Fsp3) is 0.500. The molecule has 0 saturated carbocycles. The first-order valence-corrected chi connectivity index (χ1v) is 11.2. The van der Waals surface area contributed by atoms with Crippen molar-refractivity contribution in [2.24, 2.45) is 0 Å². The van der Waals surface area contributed by atoms with Crippen LogP contribution in [0.5, 0.6) is 0 Å². The van der Waals surface area contributed by atoms with Crippen LogP contribution in [0.25, 0.3) is 0 Å². The van der Waals surface area contributed by atoms with Gasteiger partial charge in [0.1, 0.15) is 17.6 Å². The Balaban J connectivity index is 0.00000184. The van der Waals surface area contributed by atoms with Crippen LogP contribution in [0, 0.1) is 6.92 Å². The van der Waals surface area contributed by atoms with Crippen molar-refractivity contribution < 1.29 is 33.4 Å². The number of carbonyl (C=O) groups excluding carboxylic acids is 5. The minimum absolute atomic E-state index is 0.0340. The van der Waals surface area contributed by atoms with Gasteiger partial charge in [0, 0.05) is 6.42 Å². The van der Waals surface area contributed by atoms with Crippen molar-refractivity contribution >= 4 is 69.5 Å². The SMILES string of the molecule is CCOC(=O)CCC(NC(=O)c1ncc(NC(=O)CCl)cc1C)C(=O)OCC.O=C(Cl)CCl. The van der Waals surface area contributed by atoms with Crippen molar-refractivity contribution in [3.05, 3.63) is 23.5 Å². The third-order valence-electron chi connectivity index (χ3n) is 3.62. The van der Waals surface area contributed by atoms with Crippen LogP contribution in [0.3, 0.4) is 0 Å². The summed E-state index contributed by atoms with van der Waals surface area (Å²) in [5.74, 6) is -2.43. The fourth-order valence-electron chi connectivity index (χ4n) is 2.29. The number of nitrogens with zero attached hydrogens (tertiary/aromatic N) is 1. The molecule has 1 unspecified atom stereocenters. The second-order valence-electron chi connectivity index (χ2n) is 6.18. The van der Waals surface area contributed by atoms with Crippen LogP contribution in [0.15, 0.2) is 12.3 Å². The van der Waals surface area contributed by atoms with Crippen LogP contribution in [0.4, 0.5) is 5.69 Å². The number of halogens is 3. The molecule has 0 aliphatic rings. The molecule has 13 heteroatoms. The summed E-state index contributed by atoms with van der Waals surface area (Å²) in [6.45, 7) is 5.32. The number of esters is 2. The molecule has 0 bridgehead atoms. The Morgan fingerprint density at radius 3 is 2.15 bits per heavy atom. The molecule has 0 radical (unpaired) electrons. The van der Waals surface area contributed by atoms with Gasteiger partial charge >= 0.3 is 11.9 Å². The Bertz CT molecular complexity index is 837. The van der Waals surface area contributed by atoms with Crippen molar-refractivity contribution in [3.63, 3.8) is 0 Å². The van der Waals surface area contributed by atoms with Crippen LogP contribution < -0.4 is 10.6 Å². The van der Waals surface area contributed by atoms with Gasteiger partial charge in [0.05, 0.1) is 31.0 Å². The topological polar surface area (TPSA) is 141 Å². The second-order valence-corrected chi connectivity index (χ2v) is 7.14. The number of carbonyl (C=O) groups is 5. The van der Waals surface area contributed by atoms with Crippen molar-refractivity contribution in [1.82, 2.24) is 10.3 Å². The first kappa shape index (κ1) is 30.6. The number of alkyl halides is 2. The number of hydrogen-bond donors (Lipinski definition) is 2. The molecule has 184 valence electrons. The third kappa shape index (κ3) is 13.0. The van der Waals surface area contributed by atoms with Crippen molar-refractivity contribution in [1.29, 1.82) is 0 Å². The highest BCUT2D eigenvalue weighted by Gasteiger charge is 2.25. The van der Waals surface area contributed by atoms with Crippen LogP contribution in [0.2, 0.25) is 0 Å². The molecular formula is C20H26Cl3N3O7. The standard InChI is InChI=1S/C18H24ClN3O6.C2H2Cl2O/c1-4-27-15(24)7-6-13(18(26)28-5-2)22-17(25)16-11(3)8-12(10-20-16)21-14(23)9-19;3-1-2(4)5/h8,10,13H,4-7,9H2,1-3H3,(H,21,23)(H,22,25);1H2. The molecule has 33 heavy (non-hydrogen) atoms. The van der Waals surface area contributed by atoms with Gasteiger partial charge in [-0.1, -0.05) is 0 Å². The van der Waals surface area contributed by atoms with E-state index in [1.165, 1.54) is 6.20 Å². The van der Waals surface area contributed by atoms with E-state index >= 15 is 0 Å². The smallest absolute Gasteiger partial charge is 0.328 e. The van der Waals surface area contributed by atoms with Gasteiger partial charge in [0.25, 0.3) is 5.91 Å². The summed E-state index contributed by atoms with van der Waals surface area (Å²) in [6.07, 6.45) is 1.30. The van der Waals surface area contributed by atoms with Crippen LogP contribution >= 0.6 is 34.8 Å². The summed E-state index contributed by atoms with van der Waals surface area (Å²) in [5, 5.41) is 4.56. The summed E-state index contributed by atoms with van der Waals surface area (Å²) >= 11 is 15.0. The van der Waals surface area contributed by atoms with E-state index in [2.05, 4.69) is 15.6 Å². The number of anilines is 1. The number of ether oxygens (including phenoxy) is 2. The summed E-state index contributed by atoms with van der Waals surface area (Å²) in [7, 11) is 0. The first-order chi connectivity index (χ1) is 15.6. The maximum absolute atomic E-state index is 12.5. The van der Waals surface area contributed by atoms with Gasteiger partial charge < -0.3 is 20.1 Å². The average molecular weight is 527 g/mol. The van der Waals surface area contributed by atoms with Crippen LogP contribution in [0.1, 0.15) is 42.7 Å². The quantitative estimate of drug-likeness (QED) is 0.255. The minimum Gasteiger partial charge on any atom is -0.466 e. The molecule has 0 saturated heterocycles. The Morgan fingerprint density at radius 2 is 1.67 bits per heavy atom. The molecule has 10 nitrogen and oxygen atoms in total. The lowest BCUT2D eigenvalue weighted by molar-refractivity contribution is -0.147. The van der Waals surface area contributed by atoms with Crippen LogP contribution in [-0.4, -0.2) is 65.0 Å². The highest BCUT2D eigenvalue weighted by molar-refractivity contribution is 6.67. The van der Waals surface area contributed by atoms with Crippen molar-refractivity contribution in [2.75, 3.05) is 30.3 Å². The molecule has 0 fully saturated rings. The average Bonchev–Trinajstić information content (AvgIpc) is 2.77. The van der Waals surface area contributed by atoms with Gasteiger partial charge in [-0.05, 0) is 50.4 Å². The van der Waals surface area contributed by atoms with E-state index in [1.54, 1.807) is 26.8 Å². The van der Waals surface area contributed by atoms with Gasteiger partial charge in [-0.25, -0.2) is 9.78 Å². The number of aryl methyl sites for hydroxylation is 1. The van der Waals surface area contributed by atoms with E-state index < -0.39 is 35.0 Å². The van der Waals surface area contributed by atoms with E-state index in [1.807, 2.05) is 0 Å². The van der Waals surface area contributed by atoms with Crippen molar-refractivity contribution in [3.8, 4) is 0 Å². The van der Waals surface area contributed by atoms with E-state index in [9.17, 15) is 24.0 Å². The molecular weight excluding hydrogens is 501 g/mol. The predicted molar refractivity (Wildman–Crippen MR) is 124 cm³/mol. The van der Waals surface area contributed by atoms with E-state index in [-0.39, 0.29) is 43.5 Å². The van der Waals surface area contributed by atoms with Crippen LogP contribution in [-0.2, 0) is 28.7 Å². The monoisotopic (exact) mass is 525 g/mol. The lowest BCUT2D eigenvalue weighted by Crippen LogP contribution is -2.42. The second kappa shape index (κ2) is 17.1. The van der Waals surface area contributed by atoms with E-state index in [4.69, 9.17) is 44.3 Å². The molecule has 2 N–H and O–H groups in total. The maximum Gasteiger partial charge on any atom is 0.328 e. The predicted octanol–water partition coefficient (Wildman–Crippen LogP) is 2.56. The molecule has 1 heterocycles. The third-order valence-corrected chi connectivity index (χ3v) is 4.38. The number of hydrogen-bond acceptors (Lipinski definition) is 8. The lowest BCUT2D eigenvalue weighted by atomic mass is 10.1. The van der Waals surface area contributed by atoms with E-state index in [0.29, 0.717) is 11.3 Å². The molecule has 2 amide bonds. The molecule has 0 spiro atoms. The van der Waals surface area contributed by atoms with Gasteiger partial charge in [0.2, 0.25) is 11.1 Å². The summed E-state index contributed by atoms with van der Waals surface area (Å²) in [6, 6.07) is 0.540. The Morgan fingerprint density at radius 1 is 1.06 bits per heavy atom. The van der Waals surface area contributed by atoms with Gasteiger partial charge in [-0.2, -0.15) is 0 Å². The van der Waals surface area contributed by atoms with Crippen molar-refractivity contribution in [2.45, 2.75) is 39.7 Å². The zero-order valence-corrected chi connectivity index (χ0v) is 20.7. The summed E-state index contributed by atoms with van der Waals surface area (Å²) in [5.41, 5.74) is 0.955. The normalized spacial score (nSPS) is 10.7. The molecule has 1 rings (SSSR count). The highest BCUT2D eigenvalue weighted by atomic mass is 35.5. The Hall–Kier alpha value is -2.43. The number of aromatic nitrogens is 1. The zero-order chi connectivity index (χ0) is 25.4. The summed E-state index contributed by atoms with van der Waals surface area (Å²) < 4.78 is 9.79. The summed E-state index contributed by atoms with van der Waals surface area (Å²) in [4.78, 5) is 61.0. The van der Waals surface area contributed by atoms with Gasteiger partial charge in [-0.3, -0.25) is 19.2 Å². The van der Waals surface area contributed by atoms with Gasteiger partial charge in [-0.15, -0.1) is 23.2 Å². The zero-order valence-electron chi connectivity index (χ0n) is 18.4. The number of nitrogens with one attached hydrogen (secondary N) is 2. The number of rotatable bonds is 11. The Labute approximate surface area is 206 Å². The molecule has 1 aromatic heterocycles. The Kier molecular flexibility index (Phi) is 15.8. The van der Waals surface area contributed by atoms with E-state index in [0.717, 1.165) is 0 Å². The highest BCUT2D eigenvalue weighted by Crippen LogP contribution is 2.13. The fourth-order valence-corrected chi connectivity index (χ4v) is 2.36. The molecule has 0 aliphatic heterocycles. The number of pyridine rings is 1. The molecule has 0 aliphatic carbocycles. The number of amides is 2. The maximum atomic E-state index is 12.5. The molecule has 1 aromatic rings. The lowest BCUT2D eigenvalue weighted by Gasteiger charge is -2.17. The first-order valence-electron chi connectivity index (χ1n) is 9.79. The minimum atomic E-state index is -1.02. The molecule has 1 atom stereocenters. The largest absolute Gasteiger partial charge is 0.466 e. The van der Waals surface area contributed by atoms with Gasteiger partial charge in [0.15, 0.2) is 0 Å².